The fourth-order valence-corrected chi connectivity index (χ4v) is 4.72. The number of hydrogen-bond donors (Lipinski definition) is 0. The van der Waals surface area contributed by atoms with E-state index in [1.807, 2.05) is 35.3 Å². The van der Waals surface area contributed by atoms with Crippen molar-refractivity contribution in [1.82, 2.24) is 0 Å². The monoisotopic (exact) mass is 472 g/mol. The molecule has 2 unspecified atom stereocenters. The molecule has 2 aromatic rings. The van der Waals surface area contributed by atoms with Gasteiger partial charge in [0, 0.05) is 5.41 Å². The highest BCUT2D eigenvalue weighted by Gasteiger charge is 2.60. The lowest BCUT2D eigenvalue weighted by Crippen LogP contribution is -2.38. The minimum Gasteiger partial charge on any atom is -0.456 e. The van der Waals surface area contributed by atoms with Crippen molar-refractivity contribution >= 4 is 17.4 Å². The predicted molar refractivity (Wildman–Crippen MR) is 127 cm³/mol. The summed E-state index contributed by atoms with van der Waals surface area (Å²) in [6.45, 7) is 6.59. The summed E-state index contributed by atoms with van der Waals surface area (Å²) in [7, 11) is 0. The number of benzene rings is 2. The van der Waals surface area contributed by atoms with Crippen molar-refractivity contribution in [3.8, 4) is 0 Å². The van der Waals surface area contributed by atoms with Gasteiger partial charge in [-0.2, -0.15) is 18.3 Å². The standard InChI is InChI=1S/C27H31F3N2O2/c1-18(24(33)34-17-27(28,29)30)16-22-26(14-15-26)23(31-32(22)21-8-6-5-7-9-21)19-10-12-20(13-11-19)25(2,3)4/h5-13,18,22H,14-17H2,1-4H3. The number of rotatable bonds is 6. The second-order valence-electron chi connectivity index (χ2n) is 10.5. The van der Waals surface area contributed by atoms with Gasteiger partial charge in [0.05, 0.1) is 23.4 Å². The van der Waals surface area contributed by atoms with Gasteiger partial charge in [-0.1, -0.05) is 70.2 Å². The normalized spacial score (nSPS) is 20.3. The van der Waals surface area contributed by atoms with Crippen LogP contribution in [0.2, 0.25) is 0 Å². The molecule has 182 valence electrons. The average molecular weight is 473 g/mol. The summed E-state index contributed by atoms with van der Waals surface area (Å²) in [6, 6.07) is 18.0. The van der Waals surface area contributed by atoms with Crippen molar-refractivity contribution in [1.29, 1.82) is 0 Å². The third kappa shape index (κ3) is 4.98. The number of carbonyl (C=O) groups excluding carboxylic acids is 1. The third-order valence-electron chi connectivity index (χ3n) is 6.80. The van der Waals surface area contributed by atoms with E-state index in [-0.39, 0.29) is 16.9 Å². The highest BCUT2D eigenvalue weighted by molar-refractivity contribution is 6.09. The number of hydrogen-bond acceptors (Lipinski definition) is 4. The zero-order valence-corrected chi connectivity index (χ0v) is 20.0. The average Bonchev–Trinajstić information content (AvgIpc) is 3.51. The molecule has 1 saturated carbocycles. The van der Waals surface area contributed by atoms with Crippen LogP contribution in [0.1, 0.15) is 58.1 Å². The molecule has 0 saturated heterocycles. The Hall–Kier alpha value is -2.83. The molecule has 1 spiro atoms. The van der Waals surface area contributed by atoms with Crippen LogP contribution in [0.15, 0.2) is 59.7 Å². The Kier molecular flexibility index (Phi) is 6.25. The van der Waals surface area contributed by atoms with Gasteiger partial charge in [0.1, 0.15) is 0 Å². The number of esters is 1. The van der Waals surface area contributed by atoms with Gasteiger partial charge in [-0.15, -0.1) is 0 Å². The first-order valence-electron chi connectivity index (χ1n) is 11.7. The zero-order chi connectivity index (χ0) is 24.7. The minimum absolute atomic E-state index is 0.0398. The fraction of sp³-hybridized carbons (Fsp3) is 0.481. The molecule has 1 heterocycles. The minimum atomic E-state index is -4.54. The number of carbonyl (C=O) groups is 1. The summed E-state index contributed by atoms with van der Waals surface area (Å²) in [5.41, 5.74) is 3.97. The van der Waals surface area contributed by atoms with Crippen LogP contribution in [0.25, 0.3) is 0 Å². The van der Waals surface area contributed by atoms with E-state index in [0.29, 0.717) is 6.42 Å². The van der Waals surface area contributed by atoms with Gasteiger partial charge in [-0.3, -0.25) is 9.80 Å². The first-order valence-corrected chi connectivity index (χ1v) is 11.7. The van der Waals surface area contributed by atoms with Gasteiger partial charge in [0.15, 0.2) is 6.61 Å². The lowest BCUT2D eigenvalue weighted by atomic mass is 9.81. The van der Waals surface area contributed by atoms with E-state index in [2.05, 4.69) is 49.8 Å². The van der Waals surface area contributed by atoms with Gasteiger partial charge in [0.25, 0.3) is 0 Å². The molecule has 34 heavy (non-hydrogen) atoms. The van der Waals surface area contributed by atoms with Gasteiger partial charge in [0.2, 0.25) is 0 Å². The van der Waals surface area contributed by atoms with Gasteiger partial charge >= 0.3 is 12.1 Å². The molecular formula is C27H31F3N2O2. The molecule has 1 aliphatic carbocycles. The van der Waals surface area contributed by atoms with E-state index in [4.69, 9.17) is 5.10 Å². The van der Waals surface area contributed by atoms with Crippen LogP contribution in [0.3, 0.4) is 0 Å². The van der Waals surface area contributed by atoms with Crippen molar-refractivity contribution in [3.05, 3.63) is 65.7 Å². The molecule has 0 N–H and O–H groups in total. The van der Waals surface area contributed by atoms with Crippen molar-refractivity contribution in [2.45, 2.75) is 64.6 Å². The van der Waals surface area contributed by atoms with E-state index in [0.717, 1.165) is 29.8 Å². The van der Waals surface area contributed by atoms with Crippen LogP contribution in [0, 0.1) is 11.3 Å². The van der Waals surface area contributed by atoms with E-state index in [1.165, 1.54) is 5.56 Å². The smallest absolute Gasteiger partial charge is 0.422 e. The maximum atomic E-state index is 12.5. The van der Waals surface area contributed by atoms with E-state index in [9.17, 15) is 18.0 Å². The van der Waals surface area contributed by atoms with Gasteiger partial charge in [-0.05, 0) is 47.9 Å². The molecule has 2 aliphatic rings. The summed E-state index contributed by atoms with van der Waals surface area (Å²) in [5, 5.41) is 6.98. The molecule has 4 nitrogen and oxygen atoms in total. The maximum absolute atomic E-state index is 12.5. The molecule has 1 fully saturated rings. The number of nitrogens with zero attached hydrogens (tertiary/aromatic N) is 2. The van der Waals surface area contributed by atoms with Crippen LogP contribution in [0.5, 0.6) is 0 Å². The number of alkyl halides is 3. The van der Waals surface area contributed by atoms with Crippen LogP contribution in [0.4, 0.5) is 18.9 Å². The quantitative estimate of drug-likeness (QED) is 0.452. The number of para-hydroxylation sites is 1. The molecule has 0 aromatic heterocycles. The Bertz CT molecular complexity index is 1050. The predicted octanol–water partition coefficient (Wildman–Crippen LogP) is 6.49. The first kappa shape index (κ1) is 24.3. The number of hydrazone groups is 1. The molecular weight excluding hydrogens is 441 g/mol. The first-order chi connectivity index (χ1) is 15.9. The Balaban J connectivity index is 1.62. The zero-order valence-electron chi connectivity index (χ0n) is 20.0. The Morgan fingerprint density at radius 2 is 1.71 bits per heavy atom. The van der Waals surface area contributed by atoms with E-state index in [1.54, 1.807) is 6.92 Å². The van der Waals surface area contributed by atoms with Gasteiger partial charge in [-0.25, -0.2) is 0 Å². The molecule has 1 aliphatic heterocycles. The number of anilines is 1. The van der Waals surface area contributed by atoms with E-state index < -0.39 is 24.7 Å². The highest BCUT2D eigenvalue weighted by Crippen LogP contribution is 2.58. The summed E-state index contributed by atoms with van der Waals surface area (Å²) < 4.78 is 42.2. The topological polar surface area (TPSA) is 41.9 Å². The second kappa shape index (κ2) is 8.75. The fourth-order valence-electron chi connectivity index (χ4n) is 4.72. The summed E-state index contributed by atoms with van der Waals surface area (Å²) in [5.74, 6) is -1.52. The second-order valence-corrected chi connectivity index (χ2v) is 10.5. The number of ether oxygens (including phenoxy) is 1. The Labute approximate surface area is 198 Å². The third-order valence-corrected chi connectivity index (χ3v) is 6.80. The van der Waals surface area contributed by atoms with E-state index >= 15 is 0 Å². The lowest BCUT2D eigenvalue weighted by Gasteiger charge is -2.30. The van der Waals surface area contributed by atoms with Crippen molar-refractivity contribution in [3.63, 3.8) is 0 Å². The van der Waals surface area contributed by atoms with Crippen molar-refractivity contribution in [2.24, 2.45) is 16.4 Å². The van der Waals surface area contributed by atoms with Crippen molar-refractivity contribution in [2.75, 3.05) is 11.6 Å². The highest BCUT2D eigenvalue weighted by atomic mass is 19.4. The summed E-state index contributed by atoms with van der Waals surface area (Å²) in [4.78, 5) is 12.4. The molecule has 2 atom stereocenters. The molecule has 0 bridgehead atoms. The molecule has 4 rings (SSSR count). The lowest BCUT2D eigenvalue weighted by molar-refractivity contribution is -0.189. The number of halogens is 3. The molecule has 0 amide bonds. The maximum Gasteiger partial charge on any atom is 0.422 e. The largest absolute Gasteiger partial charge is 0.456 e. The van der Waals surface area contributed by atoms with Crippen molar-refractivity contribution < 1.29 is 22.7 Å². The van der Waals surface area contributed by atoms with Crippen LogP contribution in [-0.2, 0) is 14.9 Å². The Morgan fingerprint density at radius 1 is 1.09 bits per heavy atom. The summed E-state index contributed by atoms with van der Waals surface area (Å²) in [6.07, 6.45) is -2.33. The SMILES string of the molecule is CC(CC1N(c2ccccc2)N=C(c2ccc(C(C)(C)C)cc2)C12CC2)C(=O)OCC(F)(F)F. The summed E-state index contributed by atoms with van der Waals surface area (Å²) >= 11 is 0. The van der Waals surface area contributed by atoms with Crippen LogP contribution in [-0.4, -0.2) is 30.5 Å². The molecule has 7 heteroatoms. The Morgan fingerprint density at radius 3 is 2.24 bits per heavy atom. The van der Waals surface area contributed by atoms with Crippen LogP contribution >= 0.6 is 0 Å². The van der Waals surface area contributed by atoms with Crippen LogP contribution < -0.4 is 5.01 Å². The van der Waals surface area contributed by atoms with Gasteiger partial charge < -0.3 is 4.74 Å². The molecule has 2 aromatic carbocycles. The molecule has 0 radical (unpaired) electrons.